The first-order chi connectivity index (χ1) is 10.3. The second kappa shape index (κ2) is 7.75. The zero-order valence-electron chi connectivity index (χ0n) is 12.8. The summed E-state index contributed by atoms with van der Waals surface area (Å²) in [7, 11) is -1.42. The Balaban J connectivity index is 1.99. The lowest BCUT2D eigenvalue weighted by Crippen LogP contribution is -2.34. The first kappa shape index (κ1) is 18.4. The van der Waals surface area contributed by atoms with Gasteiger partial charge in [0, 0.05) is 22.9 Å². The number of rotatable bonds is 6. The number of nitrogens with zero attached hydrogens (tertiary/aromatic N) is 1. The van der Waals surface area contributed by atoms with E-state index in [1.54, 1.807) is 6.07 Å². The fourth-order valence-electron chi connectivity index (χ4n) is 2.80. The molecule has 0 bridgehead atoms. The zero-order chi connectivity index (χ0) is 16.3. The van der Waals surface area contributed by atoms with Gasteiger partial charge in [-0.3, -0.25) is 0 Å². The van der Waals surface area contributed by atoms with Gasteiger partial charge in [0.25, 0.3) is 0 Å². The molecule has 1 saturated carbocycles. The van der Waals surface area contributed by atoms with Gasteiger partial charge in [0.2, 0.25) is 0 Å². The van der Waals surface area contributed by atoms with E-state index in [2.05, 4.69) is 11.2 Å². The predicted octanol–water partition coefficient (Wildman–Crippen LogP) is 3.98. The smallest absolute Gasteiger partial charge is 0.181 e. The van der Waals surface area contributed by atoms with Crippen molar-refractivity contribution in [3.8, 4) is 0 Å². The van der Waals surface area contributed by atoms with Crippen molar-refractivity contribution in [1.82, 2.24) is 4.90 Å². The third kappa shape index (κ3) is 4.54. The third-order valence-electron chi connectivity index (χ3n) is 4.25. The predicted molar refractivity (Wildman–Crippen MR) is 96.1 cm³/mol. The number of benzene rings is 1. The monoisotopic (exact) mass is 381 g/mol. The highest BCUT2D eigenvalue weighted by molar-refractivity contribution is 7.99. The van der Waals surface area contributed by atoms with Crippen LogP contribution in [0.2, 0.25) is 10.0 Å². The normalized spacial score (nSPS) is 22.4. The minimum absolute atomic E-state index is 0.0595. The Morgan fingerprint density at radius 1 is 1.32 bits per heavy atom. The lowest BCUT2D eigenvalue weighted by Gasteiger charge is -2.24. The van der Waals surface area contributed by atoms with Crippen LogP contribution in [0.15, 0.2) is 23.1 Å². The van der Waals surface area contributed by atoms with Gasteiger partial charge < -0.3 is 4.90 Å². The van der Waals surface area contributed by atoms with Gasteiger partial charge in [0.05, 0.1) is 15.7 Å². The summed E-state index contributed by atoms with van der Waals surface area (Å²) in [5, 5.41) is 1.32. The van der Waals surface area contributed by atoms with Crippen LogP contribution in [-0.4, -0.2) is 50.2 Å². The lowest BCUT2D eigenvalue weighted by molar-refractivity contribution is 0.259. The molecular weight excluding hydrogens is 361 g/mol. The minimum atomic E-state index is -3.42. The highest BCUT2D eigenvalue weighted by atomic mass is 35.5. The van der Waals surface area contributed by atoms with Gasteiger partial charge in [-0.25, -0.2) is 8.42 Å². The molecule has 1 fully saturated rings. The van der Waals surface area contributed by atoms with Crippen LogP contribution in [-0.2, 0) is 9.84 Å². The lowest BCUT2D eigenvalue weighted by atomic mass is 10.2. The molecule has 2 rings (SSSR count). The molecule has 0 unspecified atom stereocenters. The standard InChI is InChI=1S/C15H21Cl2NO2S2/c1-18(12-4-5-13(10-12)21-2)7-8-22(19,20)15-9-11(16)3-6-14(15)17/h3,6,9,12-13H,4-5,7-8,10H2,1-2H3/t12-,13-/m0/s1. The molecule has 1 aliphatic carbocycles. The average Bonchev–Trinajstić information content (AvgIpc) is 2.96. The summed E-state index contributed by atoms with van der Waals surface area (Å²) in [6, 6.07) is 5.03. The largest absolute Gasteiger partial charge is 0.302 e. The molecule has 0 aliphatic heterocycles. The van der Waals surface area contributed by atoms with Gasteiger partial charge in [0.1, 0.15) is 0 Å². The van der Waals surface area contributed by atoms with Gasteiger partial charge in [-0.15, -0.1) is 0 Å². The number of hydrogen-bond donors (Lipinski definition) is 0. The number of sulfone groups is 1. The van der Waals surface area contributed by atoms with E-state index in [1.165, 1.54) is 18.6 Å². The summed E-state index contributed by atoms with van der Waals surface area (Å²) < 4.78 is 24.9. The summed E-state index contributed by atoms with van der Waals surface area (Å²) in [5.74, 6) is 0.0595. The molecule has 124 valence electrons. The van der Waals surface area contributed by atoms with Gasteiger partial charge in [-0.2, -0.15) is 11.8 Å². The molecule has 1 aromatic carbocycles. The van der Waals surface area contributed by atoms with Crippen LogP contribution in [0, 0.1) is 0 Å². The SMILES string of the molecule is CS[C@H]1CC[C@H](N(C)CCS(=O)(=O)c2cc(Cl)ccc2Cl)C1. The maximum atomic E-state index is 12.5. The summed E-state index contributed by atoms with van der Waals surface area (Å²) in [5.41, 5.74) is 0. The first-order valence-corrected chi connectivity index (χ1v) is 10.9. The maximum Gasteiger partial charge on any atom is 0.181 e. The average molecular weight is 382 g/mol. The fraction of sp³-hybridized carbons (Fsp3) is 0.600. The highest BCUT2D eigenvalue weighted by Gasteiger charge is 2.28. The Morgan fingerprint density at radius 3 is 2.68 bits per heavy atom. The molecule has 0 saturated heterocycles. The van der Waals surface area contributed by atoms with Crippen LogP contribution < -0.4 is 0 Å². The summed E-state index contributed by atoms with van der Waals surface area (Å²) in [6.07, 6.45) is 5.62. The maximum absolute atomic E-state index is 12.5. The molecule has 3 nitrogen and oxygen atoms in total. The number of thioether (sulfide) groups is 1. The van der Waals surface area contributed by atoms with Gasteiger partial charge in [0.15, 0.2) is 9.84 Å². The highest BCUT2D eigenvalue weighted by Crippen LogP contribution is 2.31. The topological polar surface area (TPSA) is 37.4 Å². The summed E-state index contributed by atoms with van der Waals surface area (Å²) in [6.45, 7) is 0.511. The van der Waals surface area contributed by atoms with Crippen molar-refractivity contribution in [2.24, 2.45) is 0 Å². The molecule has 0 radical (unpaired) electrons. The van der Waals surface area contributed by atoms with Gasteiger partial charge >= 0.3 is 0 Å². The van der Waals surface area contributed by atoms with Crippen LogP contribution in [0.5, 0.6) is 0 Å². The Morgan fingerprint density at radius 2 is 2.05 bits per heavy atom. The van der Waals surface area contributed by atoms with Crippen molar-refractivity contribution < 1.29 is 8.42 Å². The Hall–Kier alpha value is 0.0600. The Bertz CT molecular complexity index is 622. The van der Waals surface area contributed by atoms with E-state index < -0.39 is 9.84 Å². The van der Waals surface area contributed by atoms with Gasteiger partial charge in [-0.05, 0) is 50.8 Å². The van der Waals surface area contributed by atoms with E-state index in [0.29, 0.717) is 22.9 Å². The summed E-state index contributed by atoms with van der Waals surface area (Å²) in [4.78, 5) is 2.29. The minimum Gasteiger partial charge on any atom is -0.302 e. The molecule has 0 heterocycles. The third-order valence-corrected chi connectivity index (χ3v) is 7.75. The first-order valence-electron chi connectivity index (χ1n) is 7.24. The van der Waals surface area contributed by atoms with Crippen molar-refractivity contribution >= 4 is 44.8 Å². The van der Waals surface area contributed by atoms with E-state index in [0.717, 1.165) is 12.8 Å². The molecule has 0 aromatic heterocycles. The van der Waals surface area contributed by atoms with Crippen LogP contribution in [0.4, 0.5) is 0 Å². The molecule has 0 amide bonds. The van der Waals surface area contributed by atoms with Crippen LogP contribution in [0.1, 0.15) is 19.3 Å². The number of hydrogen-bond acceptors (Lipinski definition) is 4. The quantitative estimate of drug-likeness (QED) is 0.746. The molecule has 22 heavy (non-hydrogen) atoms. The molecular formula is C15H21Cl2NO2S2. The summed E-state index contributed by atoms with van der Waals surface area (Å²) >= 11 is 13.8. The van der Waals surface area contributed by atoms with Crippen LogP contribution >= 0.6 is 35.0 Å². The van der Waals surface area contributed by atoms with Crippen LogP contribution in [0.3, 0.4) is 0 Å². The van der Waals surface area contributed by atoms with Crippen molar-refractivity contribution in [3.05, 3.63) is 28.2 Å². The van der Waals surface area contributed by atoms with Crippen molar-refractivity contribution in [2.45, 2.75) is 35.4 Å². The second-order valence-electron chi connectivity index (χ2n) is 5.70. The Kier molecular flexibility index (Phi) is 6.48. The second-order valence-corrected chi connectivity index (χ2v) is 9.76. The molecule has 1 aliphatic rings. The van der Waals surface area contributed by atoms with Crippen molar-refractivity contribution in [2.75, 3.05) is 25.6 Å². The fourth-order valence-corrected chi connectivity index (χ4v) is 5.72. The molecule has 7 heteroatoms. The Labute approximate surface area is 147 Å². The number of halogens is 2. The molecule has 2 atom stereocenters. The van der Waals surface area contributed by atoms with E-state index in [4.69, 9.17) is 23.2 Å². The molecule has 0 spiro atoms. The zero-order valence-corrected chi connectivity index (χ0v) is 15.9. The van der Waals surface area contributed by atoms with Crippen LogP contribution in [0.25, 0.3) is 0 Å². The van der Waals surface area contributed by atoms with E-state index in [9.17, 15) is 8.42 Å². The van der Waals surface area contributed by atoms with Gasteiger partial charge in [-0.1, -0.05) is 23.2 Å². The molecule has 0 N–H and O–H groups in total. The molecule has 1 aromatic rings. The van der Waals surface area contributed by atoms with E-state index in [-0.39, 0.29) is 15.7 Å². The van der Waals surface area contributed by atoms with Crippen molar-refractivity contribution in [3.63, 3.8) is 0 Å². The van der Waals surface area contributed by atoms with E-state index >= 15 is 0 Å². The van der Waals surface area contributed by atoms with Crippen molar-refractivity contribution in [1.29, 1.82) is 0 Å². The van der Waals surface area contributed by atoms with E-state index in [1.807, 2.05) is 18.8 Å².